The molecule has 0 bridgehead atoms. The molecule has 3 aromatic rings. The number of likely N-dealkylation sites (N-methyl/N-ethyl adjacent to an activating group) is 1. The Morgan fingerprint density at radius 3 is 2.46 bits per heavy atom. The Labute approximate surface area is 286 Å². The lowest BCUT2D eigenvalue weighted by Gasteiger charge is -2.48. The quantitative estimate of drug-likeness (QED) is 0.214. The van der Waals surface area contributed by atoms with Gasteiger partial charge in [-0.3, -0.25) is 19.4 Å². The number of ether oxygens (including phenoxy) is 1. The molecule has 1 aliphatic carbocycles. The molecule has 1 saturated carbocycles. The predicted octanol–water partition coefficient (Wildman–Crippen LogP) is 5.17. The van der Waals surface area contributed by atoms with E-state index in [4.69, 9.17) is 4.74 Å². The number of piperazine rings is 1. The van der Waals surface area contributed by atoms with E-state index in [0.29, 0.717) is 30.0 Å². The highest BCUT2D eigenvalue weighted by Gasteiger charge is 2.58. The van der Waals surface area contributed by atoms with Gasteiger partial charge in [0.15, 0.2) is 0 Å². The summed E-state index contributed by atoms with van der Waals surface area (Å²) in [7, 11) is 3.70. The fraction of sp³-hybridized carbons (Fsp3) is 0.559. The van der Waals surface area contributed by atoms with Crippen LogP contribution in [-0.2, 0) is 41.1 Å². The average molecular weight is 705 g/mol. The number of amides is 1. The lowest BCUT2D eigenvalue weighted by Crippen LogP contribution is -2.53. The molecule has 0 radical (unpaired) electrons. The van der Waals surface area contributed by atoms with E-state index in [-0.39, 0.29) is 48.6 Å². The molecule has 2 fully saturated rings. The predicted molar refractivity (Wildman–Crippen MR) is 174 cm³/mol. The van der Waals surface area contributed by atoms with Crippen molar-refractivity contribution in [1.29, 1.82) is 0 Å². The number of anilines is 2. The Bertz CT molecular complexity index is 1750. The number of aryl methyl sites for hydroxylation is 1. The van der Waals surface area contributed by atoms with Crippen molar-refractivity contribution >= 4 is 24.0 Å². The molecule has 1 aromatic carbocycles. The lowest BCUT2D eigenvalue weighted by atomic mass is 9.60. The Morgan fingerprint density at radius 2 is 1.86 bits per heavy atom. The van der Waals surface area contributed by atoms with Crippen molar-refractivity contribution in [2.45, 2.75) is 76.4 Å². The van der Waals surface area contributed by atoms with Crippen LogP contribution in [0, 0.1) is 5.92 Å². The molecule has 270 valence electrons. The molecule has 50 heavy (non-hydrogen) atoms. The molecule has 16 heteroatoms. The van der Waals surface area contributed by atoms with Crippen molar-refractivity contribution in [1.82, 2.24) is 29.5 Å². The smallest absolute Gasteiger partial charge is 0.416 e. The highest BCUT2D eigenvalue weighted by atomic mass is 19.4. The van der Waals surface area contributed by atoms with Crippen LogP contribution < -0.4 is 10.2 Å². The molecule has 2 aromatic heterocycles. The Morgan fingerprint density at radius 1 is 1.12 bits per heavy atom. The van der Waals surface area contributed by atoms with Crippen molar-refractivity contribution < 1.29 is 36.3 Å². The van der Waals surface area contributed by atoms with Crippen LogP contribution >= 0.6 is 0 Å². The van der Waals surface area contributed by atoms with Gasteiger partial charge in [0.05, 0.1) is 5.56 Å². The number of aromatic nitrogens is 4. The summed E-state index contributed by atoms with van der Waals surface area (Å²) in [5.74, 6) is -3.07. The minimum absolute atomic E-state index is 0.0112. The van der Waals surface area contributed by atoms with E-state index in [1.807, 2.05) is 7.05 Å². The second kappa shape index (κ2) is 13.2. The normalized spacial score (nSPS) is 22.1. The maximum atomic E-state index is 14.8. The first-order valence-corrected chi connectivity index (χ1v) is 16.6. The van der Waals surface area contributed by atoms with Gasteiger partial charge in [0, 0.05) is 81.6 Å². The van der Waals surface area contributed by atoms with Gasteiger partial charge in [-0.25, -0.2) is 13.8 Å². The number of carbonyl (C=O) groups is 2. The zero-order valence-corrected chi connectivity index (χ0v) is 28.6. The molecule has 1 saturated heterocycles. The van der Waals surface area contributed by atoms with Crippen LogP contribution in [0.3, 0.4) is 0 Å². The first-order valence-electron chi connectivity index (χ1n) is 16.6. The number of nitrogens with zero attached hydrogens (tertiary/aromatic N) is 7. The highest BCUT2D eigenvalue weighted by molar-refractivity contribution is 6.11. The van der Waals surface area contributed by atoms with Crippen molar-refractivity contribution in [2.75, 3.05) is 43.4 Å². The van der Waals surface area contributed by atoms with Gasteiger partial charge in [-0.05, 0) is 55.3 Å². The average Bonchev–Trinajstić information content (AvgIpc) is 3.55. The third-order valence-electron chi connectivity index (χ3n) is 10.1. The molecule has 0 spiro atoms. The van der Waals surface area contributed by atoms with E-state index >= 15 is 0 Å². The number of carbonyl (C=O) groups excluding carboxylic acids is 2. The molecule has 1 amide bonds. The summed E-state index contributed by atoms with van der Waals surface area (Å²) in [6.45, 7) is 8.57. The molecule has 4 heterocycles. The van der Waals surface area contributed by atoms with Gasteiger partial charge in [-0.1, -0.05) is 13.8 Å². The van der Waals surface area contributed by atoms with Crippen LogP contribution in [0.2, 0.25) is 0 Å². The SMILES string of the molecule is CCNc1cc(C2(Cc3nncn3C)CC(F)(F)C2)cc(N2C(=O)c3cc(CN4CCN(C)C[C@@H]4C(C)C)cc(C(F)(F)F)c3C2OC=O)n1. The number of nitrogens with one attached hydrogen (secondary N) is 1. The van der Waals surface area contributed by atoms with Crippen LogP contribution in [0.5, 0.6) is 0 Å². The first kappa shape index (κ1) is 35.6. The van der Waals surface area contributed by atoms with Gasteiger partial charge in [-0.2, -0.15) is 13.2 Å². The highest BCUT2D eigenvalue weighted by Crippen LogP contribution is 2.56. The van der Waals surface area contributed by atoms with Crippen LogP contribution in [0.15, 0.2) is 30.6 Å². The number of halogens is 5. The van der Waals surface area contributed by atoms with Gasteiger partial charge >= 0.3 is 6.18 Å². The minimum Gasteiger partial charge on any atom is -0.439 e. The molecule has 1 N–H and O–H groups in total. The van der Waals surface area contributed by atoms with Crippen molar-refractivity contribution in [3.05, 3.63) is 64.2 Å². The third kappa shape index (κ3) is 6.66. The van der Waals surface area contributed by atoms with E-state index in [1.54, 1.807) is 24.6 Å². The number of hydrogen-bond acceptors (Lipinski definition) is 9. The van der Waals surface area contributed by atoms with Crippen LogP contribution in [0.25, 0.3) is 0 Å². The summed E-state index contributed by atoms with van der Waals surface area (Å²) < 4.78 is 80.7. The lowest BCUT2D eigenvalue weighted by molar-refractivity contribution is -0.142. The summed E-state index contributed by atoms with van der Waals surface area (Å²) in [6.07, 6.45) is -6.22. The molecule has 6 rings (SSSR count). The Balaban J connectivity index is 1.45. The van der Waals surface area contributed by atoms with Gasteiger partial charge in [0.2, 0.25) is 12.2 Å². The van der Waals surface area contributed by atoms with E-state index in [0.717, 1.165) is 24.1 Å². The van der Waals surface area contributed by atoms with Gasteiger partial charge in [-0.15, -0.1) is 10.2 Å². The molecule has 1 unspecified atom stereocenters. The molecular weight excluding hydrogens is 663 g/mol. The number of fused-ring (bicyclic) bond motifs is 1. The fourth-order valence-corrected chi connectivity index (χ4v) is 7.66. The van der Waals surface area contributed by atoms with Crippen molar-refractivity contribution in [3.63, 3.8) is 0 Å². The largest absolute Gasteiger partial charge is 0.439 e. The van der Waals surface area contributed by atoms with E-state index < -0.39 is 53.6 Å². The number of alkyl halides is 5. The maximum Gasteiger partial charge on any atom is 0.416 e. The molecule has 11 nitrogen and oxygen atoms in total. The fourth-order valence-electron chi connectivity index (χ4n) is 7.66. The first-order chi connectivity index (χ1) is 23.6. The van der Waals surface area contributed by atoms with Crippen LogP contribution in [-0.4, -0.2) is 87.1 Å². The summed E-state index contributed by atoms with van der Waals surface area (Å²) in [5.41, 5.74) is -2.34. The third-order valence-corrected chi connectivity index (χ3v) is 10.1. The monoisotopic (exact) mass is 704 g/mol. The number of pyridine rings is 1. The zero-order chi connectivity index (χ0) is 36.2. The van der Waals surface area contributed by atoms with Gasteiger partial charge < -0.3 is 19.5 Å². The molecule has 3 aliphatic rings. The Hall–Kier alpha value is -4.18. The van der Waals surface area contributed by atoms with Crippen LogP contribution in [0.4, 0.5) is 33.6 Å². The minimum atomic E-state index is -4.90. The van der Waals surface area contributed by atoms with E-state index in [9.17, 15) is 31.5 Å². The second-order valence-corrected chi connectivity index (χ2v) is 14.1. The summed E-state index contributed by atoms with van der Waals surface area (Å²) >= 11 is 0. The molecule has 2 atom stereocenters. The summed E-state index contributed by atoms with van der Waals surface area (Å²) in [5, 5.41) is 11.0. The maximum absolute atomic E-state index is 14.8. The number of benzene rings is 1. The van der Waals surface area contributed by atoms with E-state index in [2.05, 4.69) is 44.1 Å². The van der Waals surface area contributed by atoms with Crippen molar-refractivity contribution in [2.24, 2.45) is 13.0 Å². The van der Waals surface area contributed by atoms with Crippen molar-refractivity contribution in [3.8, 4) is 0 Å². The van der Waals surface area contributed by atoms with Crippen LogP contribution in [0.1, 0.15) is 78.3 Å². The number of rotatable bonds is 11. The standard InChI is InChI=1S/C34H41F5N8O3/c1-6-40-26-11-22(32(16-33(35,36)17-32)13-28-43-41-18-45(28)5)12-27(42-26)47-30(49)23-9-21(14-46-8-7-44(4)15-25(46)20(2)3)10-24(34(37,38)39)29(23)31(47)50-19-48/h9-12,18-20,25,31H,6-8,13-17H2,1-5H3,(H,40,42)/t25-,31?/m1/s1. The number of hydrogen-bond donors (Lipinski definition) is 1. The van der Waals surface area contributed by atoms with Gasteiger partial charge in [0.25, 0.3) is 12.4 Å². The second-order valence-electron chi connectivity index (χ2n) is 14.1. The summed E-state index contributed by atoms with van der Waals surface area (Å²) in [6, 6.07) is 5.55. The van der Waals surface area contributed by atoms with Gasteiger partial charge in [0.1, 0.15) is 23.8 Å². The van der Waals surface area contributed by atoms with E-state index in [1.165, 1.54) is 18.5 Å². The molecular formula is C34H41F5N8O3. The molecule has 2 aliphatic heterocycles. The topological polar surface area (TPSA) is 109 Å². The zero-order valence-electron chi connectivity index (χ0n) is 28.6. The summed E-state index contributed by atoms with van der Waals surface area (Å²) in [4.78, 5) is 35.8. The Kier molecular flexibility index (Phi) is 9.39.